The zero-order valence-corrected chi connectivity index (χ0v) is 44.0. The molecule has 3 unspecified atom stereocenters. The van der Waals surface area contributed by atoms with E-state index in [4.69, 9.17) is 10.5 Å². The van der Waals surface area contributed by atoms with Gasteiger partial charge in [0.1, 0.15) is 44.3 Å². The van der Waals surface area contributed by atoms with Crippen LogP contribution in [-0.4, -0.2) is 136 Å². The number of amides is 2. The van der Waals surface area contributed by atoms with E-state index in [9.17, 15) is 48.2 Å². The average molecular weight is 1090 g/mol. The van der Waals surface area contributed by atoms with Gasteiger partial charge in [0.15, 0.2) is 17.7 Å². The molecule has 0 spiro atoms. The number of imidazole rings is 1. The van der Waals surface area contributed by atoms with E-state index < -0.39 is 61.2 Å². The zero-order valence-electron chi connectivity index (χ0n) is 40.5. The number of aliphatic hydroxyl groups excluding tert-OH is 2. The summed E-state index contributed by atoms with van der Waals surface area (Å²) in [4.78, 5) is 75.7. The van der Waals surface area contributed by atoms with Crippen LogP contribution >= 0.6 is 34.8 Å². The molecule has 1 fully saturated rings. The molecular formula is C45H58N9O15P3S. The van der Waals surface area contributed by atoms with Crippen LogP contribution in [-0.2, 0) is 40.9 Å². The lowest BCUT2D eigenvalue weighted by atomic mass is 9.91. The van der Waals surface area contributed by atoms with Gasteiger partial charge in [-0.3, -0.25) is 23.2 Å². The first-order chi connectivity index (χ1) is 34.5. The molecule has 0 radical (unpaired) electrons. The Morgan fingerprint density at radius 3 is 2.41 bits per heavy atom. The number of phosphoric ester groups is 2. The number of nitrogen functional groups attached to an aromatic ring is 1. The summed E-state index contributed by atoms with van der Waals surface area (Å²) in [6.07, 6.45) is -1.56. The van der Waals surface area contributed by atoms with Crippen molar-refractivity contribution in [2.24, 2.45) is 0 Å². The number of unbranched alkanes of at least 4 members (excludes halogenated alkanes) is 3. The van der Waals surface area contributed by atoms with Gasteiger partial charge < -0.3 is 55.0 Å². The van der Waals surface area contributed by atoms with Crippen molar-refractivity contribution in [3.05, 3.63) is 84.2 Å². The highest BCUT2D eigenvalue weighted by Gasteiger charge is 2.46. The fourth-order valence-electron chi connectivity index (χ4n) is 8.10. The first kappa shape index (κ1) is 55.7. The molecule has 2 amide bonds. The van der Waals surface area contributed by atoms with Crippen LogP contribution in [0.15, 0.2) is 73.3 Å². The Bertz CT molecular complexity index is 3160. The third-order valence-electron chi connectivity index (χ3n) is 11.8. The van der Waals surface area contributed by atoms with Crippen LogP contribution < -0.4 is 30.8 Å². The number of ether oxygens (including phenoxy) is 1. The summed E-state index contributed by atoms with van der Waals surface area (Å²) in [7, 11) is -7.24. The predicted octanol–water partition coefficient (Wildman–Crippen LogP) is 4.08. The maximum Gasteiger partial charge on any atom is 0.487 e. The molecule has 7 atom stereocenters. The number of aromatic nitrogens is 4. The van der Waals surface area contributed by atoms with Crippen molar-refractivity contribution >= 4 is 79.4 Å². The summed E-state index contributed by atoms with van der Waals surface area (Å²) in [5.41, 5.74) is 10.5. The molecule has 24 nitrogen and oxygen atoms in total. The Hall–Kier alpha value is -5.07. The highest BCUT2D eigenvalue weighted by Crippen LogP contribution is 2.66. The number of anilines is 2. The van der Waals surface area contributed by atoms with Gasteiger partial charge in [0.05, 0.1) is 19.5 Å². The summed E-state index contributed by atoms with van der Waals surface area (Å²) < 4.78 is 64.5. The SMILES string of the molecule is CN(CCCC(=O)NCCCCCCOP(=O)([O-])OP(=O)(O)OP(=O)(O)OC[C@H]1O[C@@H](n2cnc3c(N)ncnc32)[C@H](O)[C@@H]1O)C(=O)c1ccccc1-c1c2ccc(=[N+](C)C)cc-2sc2cc(N(C)C)ccc12. The molecule has 0 bridgehead atoms. The molecule has 1 aliphatic carbocycles. The molecule has 2 aliphatic heterocycles. The topological polar surface area (TPSA) is 327 Å². The molecule has 4 aromatic rings. The van der Waals surface area contributed by atoms with Crippen molar-refractivity contribution in [3.8, 4) is 21.6 Å². The number of benzene rings is 3. The first-order valence-corrected chi connectivity index (χ1v) is 28.2. The van der Waals surface area contributed by atoms with Gasteiger partial charge in [0.2, 0.25) is 11.3 Å². The van der Waals surface area contributed by atoms with Crippen LogP contribution in [0.25, 0.3) is 42.8 Å². The number of carbonyl (C=O) groups excluding carboxylic acids is 2. The minimum atomic E-state index is -5.85. The van der Waals surface area contributed by atoms with E-state index in [0.717, 1.165) is 49.0 Å². The lowest BCUT2D eigenvalue weighted by Gasteiger charge is -2.25. The van der Waals surface area contributed by atoms with E-state index in [0.29, 0.717) is 44.3 Å². The van der Waals surface area contributed by atoms with Crippen LogP contribution in [0.2, 0.25) is 0 Å². The maximum atomic E-state index is 14.1. The highest BCUT2D eigenvalue weighted by molar-refractivity contribution is 7.66. The summed E-state index contributed by atoms with van der Waals surface area (Å²) in [6.45, 7) is -0.786. The Kier molecular flexibility index (Phi) is 18.0. The maximum absolute atomic E-state index is 14.1. The molecule has 0 saturated carbocycles. The average Bonchev–Trinajstić information content (AvgIpc) is 3.89. The Balaban J connectivity index is 0.803. The molecule has 1 saturated heterocycles. The molecule has 4 heterocycles. The van der Waals surface area contributed by atoms with Crippen LogP contribution in [0.1, 0.15) is 55.1 Å². The molecule has 7 N–H and O–H groups in total. The van der Waals surface area contributed by atoms with Crippen molar-refractivity contribution in [2.75, 3.05) is 72.2 Å². The van der Waals surface area contributed by atoms with E-state index in [1.54, 1.807) is 23.3 Å². The van der Waals surface area contributed by atoms with Gasteiger partial charge in [-0.05, 0) is 54.7 Å². The summed E-state index contributed by atoms with van der Waals surface area (Å²) >= 11 is 1.71. The second-order valence-electron chi connectivity index (χ2n) is 17.6. The second kappa shape index (κ2) is 23.6. The van der Waals surface area contributed by atoms with Crippen molar-refractivity contribution in [1.82, 2.24) is 34.3 Å². The molecule has 73 heavy (non-hydrogen) atoms. The lowest BCUT2D eigenvalue weighted by Crippen LogP contribution is -2.33. The number of fused-ring (bicyclic) bond motifs is 3. The normalized spacial score (nSPS) is 19.4. The van der Waals surface area contributed by atoms with Crippen molar-refractivity contribution in [2.45, 2.75) is 63.1 Å². The van der Waals surface area contributed by atoms with Crippen molar-refractivity contribution in [1.29, 1.82) is 0 Å². The van der Waals surface area contributed by atoms with Crippen LogP contribution in [0.4, 0.5) is 11.5 Å². The number of hydrogen-bond donors (Lipinski definition) is 6. The molecule has 7 rings (SSSR count). The minimum absolute atomic E-state index is 0.0301. The summed E-state index contributed by atoms with van der Waals surface area (Å²) in [6, 6.07) is 20.3. The monoisotopic (exact) mass is 1090 g/mol. The Morgan fingerprint density at radius 2 is 1.66 bits per heavy atom. The van der Waals surface area contributed by atoms with E-state index in [-0.39, 0.29) is 41.6 Å². The van der Waals surface area contributed by atoms with Gasteiger partial charge >= 0.3 is 15.6 Å². The summed E-state index contributed by atoms with van der Waals surface area (Å²) in [5.74, 6) is -0.334. The van der Waals surface area contributed by atoms with E-state index >= 15 is 0 Å². The van der Waals surface area contributed by atoms with E-state index in [1.165, 1.54) is 10.9 Å². The number of hydrogen-bond acceptors (Lipinski definition) is 19. The zero-order chi connectivity index (χ0) is 52.8. The standard InChI is InChI=1S/C45H58N9O15P3S/c1-51(2)28-16-18-32-35(23-28)73-36-24-29(52(3)4)17-19-33(36)38(32)30-13-8-9-14-31(30)44(58)53(5)21-12-15-37(55)47-20-10-6-7-11-22-65-70(59,60)68-72(63,64)69-71(61,62)66-25-34-40(56)41(57)45(67-34)54-27-50-39-42(46)48-26-49-43(39)54/h8-9,13-14,16-19,23-24,26-27,34,40-41,45,56-57H,6-7,10-12,15,20-22,25H2,1-5H3,(H5-,46,47,48,49,55,59,60,61,62,63,64)/t34-,40-,41-,45-/m1/s1. The Morgan fingerprint density at radius 1 is 0.904 bits per heavy atom. The smallest absolute Gasteiger partial charge is 0.487 e. The van der Waals surface area contributed by atoms with E-state index in [2.05, 4.69) is 83.8 Å². The molecule has 28 heteroatoms. The van der Waals surface area contributed by atoms with Crippen molar-refractivity contribution < 1.29 is 70.6 Å². The third kappa shape index (κ3) is 13.8. The number of nitrogens with one attached hydrogen (secondary N) is 1. The van der Waals surface area contributed by atoms with Gasteiger partial charge in [0.25, 0.3) is 13.7 Å². The summed E-state index contributed by atoms with van der Waals surface area (Å²) in [5, 5.41) is 26.0. The van der Waals surface area contributed by atoms with Gasteiger partial charge in [-0.15, -0.1) is 11.3 Å². The number of rotatable bonds is 23. The third-order valence-corrected chi connectivity index (χ3v) is 17.2. The van der Waals surface area contributed by atoms with E-state index in [1.807, 2.05) is 52.5 Å². The van der Waals surface area contributed by atoms with Gasteiger partial charge in [-0.2, -0.15) is 4.31 Å². The number of aliphatic hydroxyl groups is 2. The second-order valence-corrected chi connectivity index (χ2v) is 23.2. The number of carbonyl (C=O) groups is 2. The molecule has 2 aromatic heterocycles. The fourth-order valence-corrected chi connectivity index (χ4v) is 12.8. The van der Waals surface area contributed by atoms with Crippen LogP contribution in [0.3, 0.4) is 0 Å². The highest BCUT2D eigenvalue weighted by atomic mass is 32.1. The lowest BCUT2D eigenvalue weighted by molar-refractivity contribution is -0.218. The van der Waals surface area contributed by atoms with Gasteiger partial charge in [-0.25, -0.2) is 33.0 Å². The fraction of sp³-hybridized carbons (Fsp3) is 0.422. The number of nitrogens with zero attached hydrogens (tertiary/aromatic N) is 7. The quantitative estimate of drug-likeness (QED) is 0.0228. The van der Waals surface area contributed by atoms with Crippen LogP contribution in [0, 0.1) is 0 Å². The largest absolute Gasteiger partial charge is 0.756 e. The molecule has 3 aliphatic rings. The van der Waals surface area contributed by atoms with Crippen LogP contribution in [0.5, 0.6) is 0 Å². The Labute approximate surface area is 423 Å². The van der Waals surface area contributed by atoms with Crippen molar-refractivity contribution in [3.63, 3.8) is 0 Å². The van der Waals surface area contributed by atoms with Gasteiger partial charge in [-0.1, -0.05) is 37.1 Å². The molecule has 2 aromatic carbocycles. The first-order valence-electron chi connectivity index (χ1n) is 23.0. The number of nitrogens with two attached hydrogens (primary N) is 1. The molecular weight excluding hydrogens is 1030 g/mol. The number of phosphoric acid groups is 3. The predicted molar refractivity (Wildman–Crippen MR) is 270 cm³/mol. The van der Waals surface area contributed by atoms with Gasteiger partial charge in [0, 0.05) is 84.6 Å². The minimum Gasteiger partial charge on any atom is -0.756 e. The molecule has 394 valence electrons.